The predicted molar refractivity (Wildman–Crippen MR) is 77.6 cm³/mol. The van der Waals surface area contributed by atoms with Crippen molar-refractivity contribution < 1.29 is 9.90 Å². The molecular weight excluding hydrogens is 284 g/mol. The maximum absolute atomic E-state index is 11.7. The number of halogens is 1. The average Bonchev–Trinajstić information content (AvgIpc) is 2.81. The van der Waals surface area contributed by atoms with Gasteiger partial charge >= 0.3 is 0 Å². The van der Waals surface area contributed by atoms with Crippen LogP contribution in [0.5, 0.6) is 0 Å². The number of hydrogen-bond donors (Lipinski definition) is 3. The summed E-state index contributed by atoms with van der Waals surface area (Å²) in [5, 5.41) is 16.2. The van der Waals surface area contributed by atoms with Crippen LogP contribution in [0.1, 0.15) is 0 Å². The first-order valence-corrected chi connectivity index (χ1v) is 7.55. The van der Waals surface area contributed by atoms with Crippen LogP contribution < -0.4 is 10.6 Å². The summed E-state index contributed by atoms with van der Waals surface area (Å²) in [4.78, 5) is 12.7. The van der Waals surface area contributed by atoms with Crippen LogP contribution in [-0.4, -0.2) is 42.5 Å². The van der Waals surface area contributed by atoms with Gasteiger partial charge in [0.25, 0.3) is 0 Å². The van der Waals surface area contributed by atoms with Gasteiger partial charge in [0, 0.05) is 35.5 Å². The van der Waals surface area contributed by atoms with Gasteiger partial charge in [-0.2, -0.15) is 0 Å². The molecule has 1 fully saturated rings. The number of carbonyl (C=O) groups excluding carboxylic acids is 1. The predicted octanol–water partition coefficient (Wildman–Crippen LogP) is 1.13. The Morgan fingerprint density at radius 1 is 1.42 bits per heavy atom. The maximum atomic E-state index is 11.7. The van der Waals surface area contributed by atoms with Crippen LogP contribution in [0.15, 0.2) is 29.2 Å². The first-order chi connectivity index (χ1) is 9.15. The van der Waals surface area contributed by atoms with Gasteiger partial charge in [0.05, 0.1) is 11.9 Å². The van der Waals surface area contributed by atoms with Crippen LogP contribution in [0.4, 0.5) is 0 Å². The average molecular weight is 301 g/mol. The van der Waals surface area contributed by atoms with Gasteiger partial charge in [0.2, 0.25) is 5.91 Å². The Hall–Kier alpha value is -0.750. The number of carbonyl (C=O) groups is 1. The zero-order chi connectivity index (χ0) is 13.7. The number of aliphatic hydroxyl groups is 1. The van der Waals surface area contributed by atoms with Gasteiger partial charge in [-0.3, -0.25) is 4.79 Å². The second-order valence-corrected chi connectivity index (χ2v) is 6.02. The minimum Gasteiger partial charge on any atom is -0.391 e. The lowest BCUT2D eigenvalue weighted by Gasteiger charge is -2.13. The molecule has 0 aromatic heterocycles. The van der Waals surface area contributed by atoms with Crippen LogP contribution in [0.2, 0.25) is 5.02 Å². The molecule has 3 N–H and O–H groups in total. The van der Waals surface area contributed by atoms with E-state index < -0.39 is 0 Å². The summed E-state index contributed by atoms with van der Waals surface area (Å²) in [6, 6.07) is 7.40. The highest BCUT2D eigenvalue weighted by Gasteiger charge is 2.24. The van der Waals surface area contributed by atoms with Gasteiger partial charge in [0.1, 0.15) is 0 Å². The van der Waals surface area contributed by atoms with Gasteiger partial charge in [0.15, 0.2) is 0 Å². The van der Waals surface area contributed by atoms with E-state index in [4.69, 9.17) is 11.6 Å². The topological polar surface area (TPSA) is 61.4 Å². The van der Waals surface area contributed by atoms with Gasteiger partial charge < -0.3 is 15.7 Å². The van der Waals surface area contributed by atoms with E-state index in [2.05, 4.69) is 10.6 Å². The minimum atomic E-state index is -0.357. The molecule has 2 unspecified atom stereocenters. The molecule has 0 aliphatic carbocycles. The number of hydrogen-bond acceptors (Lipinski definition) is 4. The molecule has 19 heavy (non-hydrogen) atoms. The molecule has 0 saturated carbocycles. The van der Waals surface area contributed by atoms with E-state index in [0.717, 1.165) is 11.4 Å². The van der Waals surface area contributed by atoms with Crippen molar-refractivity contribution in [2.45, 2.75) is 11.0 Å². The van der Waals surface area contributed by atoms with Crippen molar-refractivity contribution in [2.75, 3.05) is 25.4 Å². The number of thioether (sulfide) groups is 1. The van der Waals surface area contributed by atoms with Crippen LogP contribution in [0.25, 0.3) is 0 Å². The van der Waals surface area contributed by atoms with Gasteiger partial charge in [-0.05, 0) is 24.3 Å². The third-order valence-electron chi connectivity index (χ3n) is 3.05. The molecule has 1 aliphatic heterocycles. The highest BCUT2D eigenvalue weighted by Crippen LogP contribution is 2.20. The molecule has 1 saturated heterocycles. The van der Waals surface area contributed by atoms with Gasteiger partial charge in [-0.1, -0.05) is 11.6 Å². The Morgan fingerprint density at radius 3 is 2.79 bits per heavy atom. The van der Waals surface area contributed by atoms with Crippen molar-refractivity contribution in [3.63, 3.8) is 0 Å². The molecule has 0 radical (unpaired) electrons. The molecule has 1 aliphatic rings. The fourth-order valence-corrected chi connectivity index (χ4v) is 2.76. The first-order valence-electron chi connectivity index (χ1n) is 6.19. The molecule has 6 heteroatoms. The molecule has 1 heterocycles. The Balaban J connectivity index is 1.68. The second-order valence-electron chi connectivity index (χ2n) is 4.53. The first kappa shape index (κ1) is 14.7. The Kier molecular flexibility index (Phi) is 5.51. The molecule has 2 atom stereocenters. The zero-order valence-corrected chi connectivity index (χ0v) is 12.0. The number of β-amino-alcohol motifs (C(OH)–C–C–N with tert-alkyl or cyclic N) is 1. The number of rotatable bonds is 5. The van der Waals surface area contributed by atoms with E-state index >= 15 is 0 Å². The number of benzene rings is 1. The number of nitrogens with one attached hydrogen (secondary N) is 2. The van der Waals surface area contributed by atoms with Crippen molar-refractivity contribution in [2.24, 2.45) is 5.92 Å². The third-order valence-corrected chi connectivity index (χ3v) is 4.31. The lowest BCUT2D eigenvalue weighted by molar-refractivity contribution is -0.118. The monoisotopic (exact) mass is 300 g/mol. The quantitative estimate of drug-likeness (QED) is 0.714. The fourth-order valence-electron chi connectivity index (χ4n) is 1.90. The molecule has 1 aromatic carbocycles. The smallest absolute Gasteiger partial charge is 0.230 e. The van der Waals surface area contributed by atoms with E-state index in [-0.39, 0.29) is 17.9 Å². The van der Waals surface area contributed by atoms with Gasteiger partial charge in [-0.25, -0.2) is 0 Å². The van der Waals surface area contributed by atoms with E-state index in [9.17, 15) is 9.90 Å². The van der Waals surface area contributed by atoms with Crippen molar-refractivity contribution in [1.82, 2.24) is 10.6 Å². The summed E-state index contributed by atoms with van der Waals surface area (Å²) in [5.74, 6) is 0.473. The van der Waals surface area contributed by atoms with Crippen LogP contribution >= 0.6 is 23.4 Å². The van der Waals surface area contributed by atoms with Crippen molar-refractivity contribution in [3.8, 4) is 0 Å². The van der Waals surface area contributed by atoms with E-state index in [0.29, 0.717) is 23.9 Å². The van der Waals surface area contributed by atoms with Crippen LogP contribution in [0.3, 0.4) is 0 Å². The van der Waals surface area contributed by atoms with Crippen LogP contribution in [0, 0.1) is 5.92 Å². The SMILES string of the molecule is O=C(CSc1ccc(Cl)cc1)NCC1CNCC1O. The van der Waals surface area contributed by atoms with Gasteiger partial charge in [-0.15, -0.1) is 11.8 Å². The van der Waals surface area contributed by atoms with Crippen molar-refractivity contribution >= 4 is 29.3 Å². The largest absolute Gasteiger partial charge is 0.391 e. The highest BCUT2D eigenvalue weighted by atomic mass is 35.5. The molecule has 104 valence electrons. The summed E-state index contributed by atoms with van der Waals surface area (Å²) in [7, 11) is 0. The minimum absolute atomic E-state index is 0.0148. The molecule has 2 rings (SSSR count). The Morgan fingerprint density at radius 2 is 2.16 bits per heavy atom. The second kappa shape index (κ2) is 7.14. The van der Waals surface area contributed by atoms with E-state index in [1.807, 2.05) is 24.3 Å². The maximum Gasteiger partial charge on any atom is 0.230 e. The lowest BCUT2D eigenvalue weighted by Crippen LogP contribution is -2.35. The molecule has 4 nitrogen and oxygen atoms in total. The molecular formula is C13H17ClN2O2S. The van der Waals surface area contributed by atoms with E-state index in [1.54, 1.807) is 0 Å². The van der Waals surface area contributed by atoms with E-state index in [1.165, 1.54) is 11.8 Å². The zero-order valence-electron chi connectivity index (χ0n) is 10.4. The third kappa shape index (κ3) is 4.69. The molecule has 0 bridgehead atoms. The Labute approximate surface area is 121 Å². The summed E-state index contributed by atoms with van der Waals surface area (Å²) in [6.07, 6.45) is -0.357. The molecule has 0 spiro atoms. The molecule has 1 amide bonds. The Bertz CT molecular complexity index is 427. The lowest BCUT2D eigenvalue weighted by atomic mass is 10.1. The summed E-state index contributed by atoms with van der Waals surface area (Å²) < 4.78 is 0. The number of aliphatic hydroxyl groups excluding tert-OH is 1. The summed E-state index contributed by atoms with van der Waals surface area (Å²) in [6.45, 7) is 1.89. The van der Waals surface area contributed by atoms with Crippen LogP contribution in [-0.2, 0) is 4.79 Å². The summed E-state index contributed by atoms with van der Waals surface area (Å²) in [5.41, 5.74) is 0. The fraction of sp³-hybridized carbons (Fsp3) is 0.462. The van der Waals surface area contributed by atoms with Crippen molar-refractivity contribution in [1.29, 1.82) is 0 Å². The van der Waals surface area contributed by atoms with Crippen molar-refractivity contribution in [3.05, 3.63) is 29.3 Å². The molecule has 1 aromatic rings. The number of amides is 1. The summed E-state index contributed by atoms with van der Waals surface area (Å²) >= 11 is 7.26. The standard InChI is InChI=1S/C13H17ClN2O2S/c14-10-1-3-11(4-2-10)19-8-13(18)16-6-9-5-15-7-12(9)17/h1-4,9,12,15,17H,5-8H2,(H,16,18). The normalized spacial score (nSPS) is 22.4. The highest BCUT2D eigenvalue weighted by molar-refractivity contribution is 8.00.